The predicted molar refractivity (Wildman–Crippen MR) is 85.9 cm³/mol. The van der Waals surface area contributed by atoms with E-state index < -0.39 is 0 Å². The van der Waals surface area contributed by atoms with Crippen LogP contribution in [-0.4, -0.2) is 31.2 Å². The van der Waals surface area contributed by atoms with Gasteiger partial charge in [0.25, 0.3) is 11.9 Å². The number of tetrazole rings is 1. The molecule has 1 aromatic heterocycles. The third-order valence-corrected chi connectivity index (χ3v) is 3.34. The van der Waals surface area contributed by atoms with Crippen molar-refractivity contribution in [2.24, 2.45) is 0 Å². The van der Waals surface area contributed by atoms with Crippen molar-refractivity contribution in [3.05, 3.63) is 34.3 Å². The van der Waals surface area contributed by atoms with E-state index in [9.17, 15) is 4.79 Å². The van der Waals surface area contributed by atoms with Gasteiger partial charge in [0.15, 0.2) is 5.11 Å². The number of hydrogen-bond acceptors (Lipinski definition) is 5. The summed E-state index contributed by atoms with van der Waals surface area (Å²) in [6, 6.07) is 7.07. The number of anilines is 1. The fraction of sp³-hybridized carbons (Fsp3) is 0.250. The van der Waals surface area contributed by atoms with Crippen molar-refractivity contribution < 1.29 is 4.79 Å². The Hall–Kier alpha value is -1.87. The van der Waals surface area contributed by atoms with Gasteiger partial charge in [-0.1, -0.05) is 24.2 Å². The lowest BCUT2D eigenvalue weighted by Gasteiger charge is -2.07. The molecule has 2 rings (SSSR count). The van der Waals surface area contributed by atoms with Crippen molar-refractivity contribution in [1.29, 1.82) is 0 Å². The molecule has 0 fully saturated rings. The molecular formula is C12H13BrN6OS. The Morgan fingerprint density at radius 1 is 1.43 bits per heavy atom. The normalized spacial score (nSPS) is 10.2. The van der Waals surface area contributed by atoms with Crippen LogP contribution in [0.25, 0.3) is 0 Å². The molecule has 0 saturated carbocycles. The van der Waals surface area contributed by atoms with Gasteiger partial charge in [0.2, 0.25) is 0 Å². The first kappa shape index (κ1) is 15.5. The molecule has 2 aromatic rings. The van der Waals surface area contributed by atoms with Crippen LogP contribution in [0.2, 0.25) is 0 Å². The molecule has 1 heterocycles. The van der Waals surface area contributed by atoms with E-state index in [1.54, 1.807) is 18.2 Å². The summed E-state index contributed by atoms with van der Waals surface area (Å²) >= 11 is 8.37. The molecule has 0 atom stereocenters. The van der Waals surface area contributed by atoms with E-state index >= 15 is 0 Å². The maximum atomic E-state index is 12.0. The van der Waals surface area contributed by atoms with Gasteiger partial charge in [-0.2, -0.15) is 4.80 Å². The number of rotatable bonds is 4. The molecule has 0 aliphatic heterocycles. The van der Waals surface area contributed by atoms with Gasteiger partial charge in [-0.25, -0.2) is 0 Å². The van der Waals surface area contributed by atoms with E-state index in [4.69, 9.17) is 12.2 Å². The largest absolute Gasteiger partial charge is 0.299 e. The first-order valence-corrected chi connectivity index (χ1v) is 7.45. The zero-order valence-electron chi connectivity index (χ0n) is 11.2. The Labute approximate surface area is 135 Å². The maximum Gasteiger partial charge on any atom is 0.269 e. The monoisotopic (exact) mass is 368 g/mol. The smallest absolute Gasteiger partial charge is 0.269 e. The summed E-state index contributed by atoms with van der Waals surface area (Å²) in [5.41, 5.74) is 0.490. The average molecular weight is 369 g/mol. The number of aromatic nitrogens is 4. The highest BCUT2D eigenvalue weighted by Crippen LogP contribution is 2.15. The fourth-order valence-corrected chi connectivity index (χ4v) is 2.19. The number of hydrogen-bond donors (Lipinski definition) is 2. The highest BCUT2D eigenvalue weighted by atomic mass is 79.9. The van der Waals surface area contributed by atoms with E-state index in [0.29, 0.717) is 16.6 Å². The molecule has 0 radical (unpaired) electrons. The van der Waals surface area contributed by atoms with Crippen LogP contribution in [0.3, 0.4) is 0 Å². The average Bonchev–Trinajstić information content (AvgIpc) is 2.86. The van der Waals surface area contributed by atoms with Gasteiger partial charge in [-0.05, 0) is 51.9 Å². The minimum atomic E-state index is -0.319. The number of nitrogens with one attached hydrogen (secondary N) is 2. The van der Waals surface area contributed by atoms with E-state index in [0.717, 1.165) is 6.42 Å². The molecule has 110 valence electrons. The van der Waals surface area contributed by atoms with Crippen LogP contribution in [0, 0.1) is 0 Å². The second-order valence-corrected chi connectivity index (χ2v) is 5.36. The zero-order valence-corrected chi connectivity index (χ0v) is 13.6. The van der Waals surface area contributed by atoms with Gasteiger partial charge < -0.3 is 0 Å². The maximum absolute atomic E-state index is 12.0. The summed E-state index contributed by atoms with van der Waals surface area (Å²) in [5, 5.41) is 17.1. The first-order chi connectivity index (χ1) is 10.1. The molecule has 0 aliphatic rings. The van der Waals surface area contributed by atoms with Gasteiger partial charge in [-0.15, -0.1) is 5.10 Å². The number of halogens is 1. The molecular weight excluding hydrogens is 356 g/mol. The SMILES string of the molecule is CCCn1nnc(NC(=S)NC(=O)c2ccccc2Br)n1. The summed E-state index contributed by atoms with van der Waals surface area (Å²) in [4.78, 5) is 13.5. The van der Waals surface area contributed by atoms with Crippen molar-refractivity contribution in [3.8, 4) is 0 Å². The van der Waals surface area contributed by atoms with Crippen molar-refractivity contribution in [2.45, 2.75) is 19.9 Å². The summed E-state index contributed by atoms with van der Waals surface area (Å²) < 4.78 is 0.692. The van der Waals surface area contributed by atoms with Crippen LogP contribution in [0.5, 0.6) is 0 Å². The van der Waals surface area contributed by atoms with Crippen LogP contribution < -0.4 is 10.6 Å². The molecule has 2 N–H and O–H groups in total. The zero-order chi connectivity index (χ0) is 15.2. The van der Waals surface area contributed by atoms with Gasteiger partial charge in [0.05, 0.1) is 12.1 Å². The Bertz CT molecular complexity index is 659. The van der Waals surface area contributed by atoms with Crippen molar-refractivity contribution in [3.63, 3.8) is 0 Å². The number of aryl methyl sites for hydroxylation is 1. The van der Waals surface area contributed by atoms with Crippen LogP contribution in [0.4, 0.5) is 5.95 Å². The Kier molecular flexibility index (Phi) is 5.34. The Morgan fingerprint density at radius 2 is 2.19 bits per heavy atom. The lowest BCUT2D eigenvalue weighted by Crippen LogP contribution is -2.34. The van der Waals surface area contributed by atoms with Crippen molar-refractivity contribution in [2.75, 3.05) is 5.32 Å². The number of amides is 1. The lowest BCUT2D eigenvalue weighted by molar-refractivity contribution is 0.0977. The highest BCUT2D eigenvalue weighted by molar-refractivity contribution is 9.10. The molecule has 9 heteroatoms. The summed E-state index contributed by atoms with van der Waals surface area (Å²) in [7, 11) is 0. The quantitative estimate of drug-likeness (QED) is 0.802. The first-order valence-electron chi connectivity index (χ1n) is 6.25. The minimum absolute atomic E-state index is 0.117. The molecule has 1 amide bonds. The standard InChI is InChI=1S/C12H13BrN6OS/c1-2-7-19-17-11(16-18-19)15-12(21)14-10(20)8-5-3-4-6-9(8)13/h3-6H,2,7H2,1H3,(H2,14,15,17,20,21). The van der Waals surface area contributed by atoms with Crippen LogP contribution >= 0.6 is 28.1 Å². The Balaban J connectivity index is 1.95. The minimum Gasteiger partial charge on any atom is -0.299 e. The highest BCUT2D eigenvalue weighted by Gasteiger charge is 2.12. The van der Waals surface area contributed by atoms with E-state index in [-0.39, 0.29) is 17.0 Å². The Morgan fingerprint density at radius 3 is 2.90 bits per heavy atom. The van der Waals surface area contributed by atoms with Gasteiger partial charge >= 0.3 is 0 Å². The van der Waals surface area contributed by atoms with Gasteiger partial charge in [-0.3, -0.25) is 15.4 Å². The predicted octanol–water partition coefficient (Wildman–Crippen LogP) is 1.97. The van der Waals surface area contributed by atoms with Crippen molar-refractivity contribution in [1.82, 2.24) is 25.5 Å². The number of nitrogens with zero attached hydrogens (tertiary/aromatic N) is 4. The molecule has 0 saturated heterocycles. The second-order valence-electron chi connectivity index (χ2n) is 4.10. The molecule has 1 aromatic carbocycles. The number of thiocarbonyl (C=S) groups is 1. The van der Waals surface area contributed by atoms with Gasteiger partial charge in [0.1, 0.15) is 0 Å². The summed E-state index contributed by atoms with van der Waals surface area (Å²) in [6.07, 6.45) is 0.902. The molecule has 0 spiro atoms. The third-order valence-electron chi connectivity index (χ3n) is 2.45. The number of benzene rings is 1. The summed E-state index contributed by atoms with van der Waals surface area (Å²) in [6.45, 7) is 2.68. The fourth-order valence-electron chi connectivity index (χ4n) is 1.54. The van der Waals surface area contributed by atoms with Gasteiger partial charge in [0, 0.05) is 4.47 Å². The molecule has 0 unspecified atom stereocenters. The van der Waals surface area contributed by atoms with E-state index in [2.05, 4.69) is 42.0 Å². The molecule has 0 bridgehead atoms. The topological polar surface area (TPSA) is 84.7 Å². The molecule has 21 heavy (non-hydrogen) atoms. The number of carbonyl (C=O) groups excluding carboxylic acids is 1. The lowest BCUT2D eigenvalue weighted by atomic mass is 10.2. The van der Waals surface area contributed by atoms with Crippen LogP contribution in [-0.2, 0) is 6.54 Å². The number of carbonyl (C=O) groups is 1. The molecule has 0 aliphatic carbocycles. The van der Waals surface area contributed by atoms with E-state index in [1.165, 1.54) is 4.80 Å². The van der Waals surface area contributed by atoms with E-state index in [1.807, 2.05) is 13.0 Å². The van der Waals surface area contributed by atoms with Crippen molar-refractivity contribution >= 4 is 45.1 Å². The van der Waals surface area contributed by atoms with Crippen LogP contribution in [0.1, 0.15) is 23.7 Å². The second kappa shape index (κ2) is 7.23. The molecule has 7 nitrogen and oxygen atoms in total. The van der Waals surface area contributed by atoms with Crippen LogP contribution in [0.15, 0.2) is 28.7 Å². The third kappa shape index (κ3) is 4.30. The summed E-state index contributed by atoms with van der Waals surface area (Å²) in [5.74, 6) is -0.0678.